The maximum atomic E-state index is 12.5. The zero-order chi connectivity index (χ0) is 21.3. The first kappa shape index (κ1) is 20.1. The standard InChI is InChI=1S/C22H27N5O3/c1-14(2)10-21(30)26-12-17-18(13-26)24-25-22(17)23-19(28)11-15-5-7-16(8-6-15)27-9-3-4-20(27)29/h5-8,14H,3-4,9-13H2,1-2H3,(H2,23,24,25,28). The molecule has 0 aliphatic carbocycles. The van der Waals surface area contributed by atoms with Gasteiger partial charge in [0.1, 0.15) is 0 Å². The number of nitrogens with one attached hydrogen (secondary N) is 2. The zero-order valence-electron chi connectivity index (χ0n) is 17.4. The quantitative estimate of drug-likeness (QED) is 0.766. The average molecular weight is 409 g/mol. The Balaban J connectivity index is 1.35. The lowest BCUT2D eigenvalue weighted by molar-refractivity contribution is -0.132. The second kappa shape index (κ2) is 8.30. The van der Waals surface area contributed by atoms with Gasteiger partial charge in [-0.1, -0.05) is 26.0 Å². The number of fused-ring (bicyclic) bond motifs is 1. The molecule has 158 valence electrons. The van der Waals surface area contributed by atoms with Crippen LogP contribution in [0.3, 0.4) is 0 Å². The van der Waals surface area contributed by atoms with Gasteiger partial charge < -0.3 is 15.1 Å². The molecule has 30 heavy (non-hydrogen) atoms. The van der Waals surface area contributed by atoms with E-state index in [0.717, 1.165) is 35.5 Å². The van der Waals surface area contributed by atoms with E-state index in [-0.39, 0.29) is 24.1 Å². The number of benzene rings is 1. The predicted octanol–water partition coefficient (Wildman–Crippen LogP) is 2.61. The van der Waals surface area contributed by atoms with Gasteiger partial charge in [0.15, 0.2) is 5.82 Å². The smallest absolute Gasteiger partial charge is 0.230 e. The van der Waals surface area contributed by atoms with Crippen molar-refractivity contribution in [1.82, 2.24) is 15.1 Å². The summed E-state index contributed by atoms with van der Waals surface area (Å²) >= 11 is 0. The molecule has 2 N–H and O–H groups in total. The second-order valence-corrected chi connectivity index (χ2v) is 8.42. The van der Waals surface area contributed by atoms with Gasteiger partial charge in [-0.3, -0.25) is 19.5 Å². The van der Waals surface area contributed by atoms with Gasteiger partial charge in [-0.05, 0) is 30.0 Å². The maximum Gasteiger partial charge on any atom is 0.230 e. The van der Waals surface area contributed by atoms with Crippen molar-refractivity contribution in [2.45, 2.75) is 52.6 Å². The van der Waals surface area contributed by atoms with E-state index in [4.69, 9.17) is 0 Å². The van der Waals surface area contributed by atoms with E-state index >= 15 is 0 Å². The SMILES string of the molecule is CC(C)CC(=O)N1Cc2[nH]nc(NC(=O)Cc3ccc(N4CCCC4=O)cc3)c2C1. The minimum atomic E-state index is -0.166. The highest BCUT2D eigenvalue weighted by molar-refractivity contribution is 5.95. The molecule has 4 rings (SSSR count). The number of nitrogens with zero attached hydrogens (tertiary/aromatic N) is 3. The van der Waals surface area contributed by atoms with Crippen LogP contribution in [0.5, 0.6) is 0 Å². The molecule has 1 aromatic heterocycles. The van der Waals surface area contributed by atoms with Gasteiger partial charge in [-0.25, -0.2) is 0 Å². The Labute approximate surface area is 175 Å². The van der Waals surface area contributed by atoms with Gasteiger partial charge in [0, 0.05) is 30.6 Å². The summed E-state index contributed by atoms with van der Waals surface area (Å²) in [5.41, 5.74) is 3.49. The topological polar surface area (TPSA) is 98.4 Å². The number of aromatic amines is 1. The summed E-state index contributed by atoms with van der Waals surface area (Å²) in [5, 5.41) is 10.0. The number of H-pyrrole nitrogens is 1. The molecule has 3 amide bonds. The largest absolute Gasteiger partial charge is 0.332 e. The van der Waals surface area contributed by atoms with Crippen LogP contribution in [0.15, 0.2) is 24.3 Å². The molecule has 1 fully saturated rings. The molecule has 0 saturated carbocycles. The van der Waals surface area contributed by atoms with E-state index in [1.165, 1.54) is 0 Å². The van der Waals surface area contributed by atoms with Crippen LogP contribution in [0, 0.1) is 5.92 Å². The first-order valence-electron chi connectivity index (χ1n) is 10.4. The highest BCUT2D eigenvalue weighted by atomic mass is 16.2. The van der Waals surface area contributed by atoms with Crippen LogP contribution in [0.25, 0.3) is 0 Å². The predicted molar refractivity (Wildman–Crippen MR) is 113 cm³/mol. The van der Waals surface area contributed by atoms with Crippen molar-refractivity contribution < 1.29 is 14.4 Å². The zero-order valence-corrected chi connectivity index (χ0v) is 17.4. The summed E-state index contributed by atoms with van der Waals surface area (Å²) in [6.07, 6.45) is 2.21. The van der Waals surface area contributed by atoms with Crippen LogP contribution < -0.4 is 10.2 Å². The van der Waals surface area contributed by atoms with Gasteiger partial charge in [0.05, 0.1) is 25.2 Å². The van der Waals surface area contributed by atoms with Crippen molar-refractivity contribution in [2.24, 2.45) is 5.92 Å². The van der Waals surface area contributed by atoms with Crippen LogP contribution in [-0.4, -0.2) is 39.4 Å². The van der Waals surface area contributed by atoms with Gasteiger partial charge in [0.2, 0.25) is 17.7 Å². The molecule has 0 unspecified atom stereocenters. The number of hydrogen-bond acceptors (Lipinski definition) is 4. The van der Waals surface area contributed by atoms with Crippen LogP contribution >= 0.6 is 0 Å². The molecule has 2 aromatic rings. The van der Waals surface area contributed by atoms with Crippen LogP contribution in [0.1, 0.15) is 49.9 Å². The Kier molecular flexibility index (Phi) is 5.57. The minimum Gasteiger partial charge on any atom is -0.332 e. The van der Waals surface area contributed by atoms with E-state index in [9.17, 15) is 14.4 Å². The summed E-state index contributed by atoms with van der Waals surface area (Å²) in [7, 11) is 0. The molecule has 1 saturated heterocycles. The minimum absolute atomic E-state index is 0.114. The van der Waals surface area contributed by atoms with Crippen molar-refractivity contribution in [3.8, 4) is 0 Å². The number of carbonyl (C=O) groups is 3. The lowest BCUT2D eigenvalue weighted by Gasteiger charge is -2.17. The summed E-state index contributed by atoms with van der Waals surface area (Å²) in [6.45, 7) is 5.76. The number of anilines is 2. The number of aromatic nitrogens is 2. The number of carbonyl (C=O) groups excluding carboxylic acids is 3. The molecule has 3 heterocycles. The maximum absolute atomic E-state index is 12.5. The number of hydrogen-bond donors (Lipinski definition) is 2. The third-order valence-corrected chi connectivity index (χ3v) is 5.53. The molecule has 2 aliphatic heterocycles. The summed E-state index contributed by atoms with van der Waals surface area (Å²) in [4.78, 5) is 40.3. The van der Waals surface area contributed by atoms with E-state index in [1.807, 2.05) is 38.1 Å². The van der Waals surface area contributed by atoms with E-state index in [0.29, 0.717) is 37.7 Å². The summed E-state index contributed by atoms with van der Waals surface area (Å²) in [6, 6.07) is 7.52. The molecule has 0 spiro atoms. The Morgan fingerprint density at radius 3 is 2.63 bits per heavy atom. The van der Waals surface area contributed by atoms with E-state index in [1.54, 1.807) is 9.80 Å². The van der Waals surface area contributed by atoms with Crippen molar-refractivity contribution in [3.63, 3.8) is 0 Å². The summed E-state index contributed by atoms with van der Waals surface area (Å²) in [5.74, 6) is 0.899. The van der Waals surface area contributed by atoms with Gasteiger partial charge >= 0.3 is 0 Å². The first-order chi connectivity index (χ1) is 14.4. The van der Waals surface area contributed by atoms with Crippen LogP contribution in [0.4, 0.5) is 11.5 Å². The second-order valence-electron chi connectivity index (χ2n) is 8.42. The molecule has 1 aromatic carbocycles. The van der Waals surface area contributed by atoms with Gasteiger partial charge in [-0.2, -0.15) is 5.10 Å². The molecule has 0 bridgehead atoms. The van der Waals surface area contributed by atoms with Crippen molar-refractivity contribution in [2.75, 3.05) is 16.8 Å². The Morgan fingerprint density at radius 1 is 1.20 bits per heavy atom. The fourth-order valence-electron chi connectivity index (χ4n) is 3.97. The molecule has 2 aliphatic rings. The fraction of sp³-hybridized carbons (Fsp3) is 0.455. The lowest BCUT2D eigenvalue weighted by atomic mass is 10.1. The molecule has 0 atom stereocenters. The normalized spacial score (nSPS) is 15.8. The first-order valence-corrected chi connectivity index (χ1v) is 10.4. The van der Waals surface area contributed by atoms with Crippen LogP contribution in [0.2, 0.25) is 0 Å². The van der Waals surface area contributed by atoms with Gasteiger partial charge in [0.25, 0.3) is 0 Å². The average Bonchev–Trinajstić information content (AvgIpc) is 3.39. The molecular formula is C22H27N5O3. The Morgan fingerprint density at radius 2 is 1.97 bits per heavy atom. The molecule has 8 heteroatoms. The Hall–Kier alpha value is -3.16. The van der Waals surface area contributed by atoms with E-state index in [2.05, 4.69) is 15.5 Å². The fourth-order valence-corrected chi connectivity index (χ4v) is 3.97. The van der Waals surface area contributed by atoms with Crippen molar-refractivity contribution in [3.05, 3.63) is 41.1 Å². The third-order valence-electron chi connectivity index (χ3n) is 5.53. The monoisotopic (exact) mass is 409 g/mol. The molecule has 8 nitrogen and oxygen atoms in total. The van der Waals surface area contributed by atoms with Gasteiger partial charge in [-0.15, -0.1) is 0 Å². The van der Waals surface area contributed by atoms with Crippen LogP contribution in [-0.2, 0) is 33.9 Å². The lowest BCUT2D eigenvalue weighted by Crippen LogP contribution is -2.27. The Bertz CT molecular complexity index is 964. The number of rotatable bonds is 6. The molecule has 0 radical (unpaired) electrons. The van der Waals surface area contributed by atoms with E-state index < -0.39 is 0 Å². The summed E-state index contributed by atoms with van der Waals surface area (Å²) < 4.78 is 0. The third kappa shape index (κ3) is 4.22. The number of amides is 3. The van der Waals surface area contributed by atoms with Crippen molar-refractivity contribution >= 4 is 29.2 Å². The highest BCUT2D eigenvalue weighted by Gasteiger charge is 2.29. The van der Waals surface area contributed by atoms with Crippen molar-refractivity contribution in [1.29, 1.82) is 0 Å². The highest BCUT2D eigenvalue weighted by Crippen LogP contribution is 2.28. The molecular weight excluding hydrogens is 382 g/mol.